The Morgan fingerprint density at radius 1 is 1.19 bits per heavy atom. The third kappa shape index (κ3) is 3.63. The van der Waals surface area contributed by atoms with Crippen LogP contribution in [0.4, 0.5) is 11.4 Å². The molecule has 6 heteroatoms. The molecule has 138 valence electrons. The van der Waals surface area contributed by atoms with E-state index in [1.54, 1.807) is 0 Å². The summed E-state index contributed by atoms with van der Waals surface area (Å²) in [4.78, 5) is 15.0. The summed E-state index contributed by atoms with van der Waals surface area (Å²) in [7, 11) is 3.69. The van der Waals surface area contributed by atoms with Crippen LogP contribution in [0.15, 0.2) is 59.7 Å². The molecule has 0 radical (unpaired) electrons. The average Bonchev–Trinajstić information content (AvgIpc) is 3.02. The van der Waals surface area contributed by atoms with Gasteiger partial charge in [-0.1, -0.05) is 30.3 Å². The monoisotopic (exact) mass is 361 g/mol. The second-order valence-electron chi connectivity index (χ2n) is 6.57. The molecule has 2 unspecified atom stereocenters. The highest BCUT2D eigenvalue weighted by Crippen LogP contribution is 2.34. The molecule has 2 atom stereocenters. The zero-order chi connectivity index (χ0) is 19.4. The Balaban J connectivity index is 1.96. The summed E-state index contributed by atoms with van der Waals surface area (Å²) in [5.41, 5.74) is 2.49. The van der Waals surface area contributed by atoms with Crippen LogP contribution in [-0.2, 0) is 4.79 Å². The summed E-state index contributed by atoms with van der Waals surface area (Å²) in [5, 5.41) is 19.0. The Labute approximate surface area is 159 Å². The SMILES string of the molecule is CCNc1ccc(C(C#N)C2C(=O)N(c3ccccc3)N=C2N(C)C)cc1. The molecule has 0 fully saturated rings. The van der Waals surface area contributed by atoms with Gasteiger partial charge in [-0.3, -0.25) is 4.79 Å². The molecule has 0 saturated heterocycles. The van der Waals surface area contributed by atoms with Crippen LogP contribution in [0.2, 0.25) is 0 Å². The van der Waals surface area contributed by atoms with Gasteiger partial charge >= 0.3 is 0 Å². The van der Waals surface area contributed by atoms with E-state index in [1.807, 2.05) is 80.5 Å². The molecule has 1 aliphatic heterocycles. The second-order valence-corrected chi connectivity index (χ2v) is 6.57. The number of nitriles is 1. The minimum absolute atomic E-state index is 0.188. The predicted molar refractivity (Wildman–Crippen MR) is 107 cm³/mol. The summed E-state index contributed by atoms with van der Waals surface area (Å²) < 4.78 is 0. The molecule has 1 N–H and O–H groups in total. The maximum Gasteiger partial charge on any atom is 0.259 e. The highest BCUT2D eigenvalue weighted by atomic mass is 16.2. The fraction of sp³-hybridized carbons (Fsp3) is 0.286. The lowest BCUT2D eigenvalue weighted by atomic mass is 9.85. The predicted octanol–water partition coefficient (Wildman–Crippen LogP) is 3.26. The number of carbonyl (C=O) groups excluding carboxylic acids is 1. The van der Waals surface area contributed by atoms with Crippen LogP contribution >= 0.6 is 0 Å². The number of amidine groups is 1. The van der Waals surface area contributed by atoms with Crippen molar-refractivity contribution in [2.24, 2.45) is 11.0 Å². The van der Waals surface area contributed by atoms with Crippen LogP contribution in [0, 0.1) is 17.2 Å². The van der Waals surface area contributed by atoms with E-state index in [9.17, 15) is 10.1 Å². The first-order valence-electron chi connectivity index (χ1n) is 8.95. The third-order valence-corrected chi connectivity index (χ3v) is 4.54. The quantitative estimate of drug-likeness (QED) is 0.887. The first-order valence-corrected chi connectivity index (χ1v) is 8.95. The number of hydrogen-bond acceptors (Lipinski definition) is 5. The lowest BCUT2D eigenvalue weighted by Gasteiger charge is -2.22. The van der Waals surface area contributed by atoms with Gasteiger partial charge in [0.05, 0.1) is 17.7 Å². The molecule has 3 rings (SSSR count). The van der Waals surface area contributed by atoms with E-state index in [2.05, 4.69) is 16.5 Å². The van der Waals surface area contributed by atoms with Gasteiger partial charge in [0.15, 0.2) is 0 Å². The molecular formula is C21H23N5O. The van der Waals surface area contributed by atoms with Gasteiger partial charge in [0, 0.05) is 26.3 Å². The van der Waals surface area contributed by atoms with E-state index in [0.717, 1.165) is 17.8 Å². The Morgan fingerprint density at radius 3 is 2.41 bits per heavy atom. The number of anilines is 2. The first-order chi connectivity index (χ1) is 13.1. The Kier molecular flexibility index (Phi) is 5.41. The van der Waals surface area contributed by atoms with Gasteiger partial charge in [-0.15, -0.1) is 0 Å². The van der Waals surface area contributed by atoms with Gasteiger partial charge in [0.25, 0.3) is 5.91 Å². The summed E-state index contributed by atoms with van der Waals surface area (Å²) >= 11 is 0. The smallest absolute Gasteiger partial charge is 0.259 e. The van der Waals surface area contributed by atoms with Gasteiger partial charge in [-0.25, -0.2) is 0 Å². The van der Waals surface area contributed by atoms with Crippen LogP contribution in [0.1, 0.15) is 18.4 Å². The van der Waals surface area contributed by atoms with Gasteiger partial charge in [0.1, 0.15) is 11.8 Å². The largest absolute Gasteiger partial charge is 0.385 e. The van der Waals surface area contributed by atoms with Crippen molar-refractivity contribution in [3.63, 3.8) is 0 Å². The standard InChI is InChI=1S/C21H23N5O/c1-4-23-16-12-10-15(11-13-16)18(14-22)19-20(25(2)3)24-26(21(19)27)17-8-6-5-7-9-17/h5-13,18-19,23H,4H2,1-3H3. The topological polar surface area (TPSA) is 71.7 Å². The highest BCUT2D eigenvalue weighted by Gasteiger charge is 2.43. The van der Waals surface area contributed by atoms with Crippen LogP contribution < -0.4 is 10.3 Å². The van der Waals surface area contributed by atoms with Crippen molar-refractivity contribution in [1.82, 2.24) is 4.90 Å². The van der Waals surface area contributed by atoms with Crippen molar-refractivity contribution in [1.29, 1.82) is 5.26 Å². The number of benzene rings is 2. The van der Waals surface area contributed by atoms with E-state index >= 15 is 0 Å². The number of hydrogen-bond donors (Lipinski definition) is 1. The van der Waals surface area contributed by atoms with Gasteiger partial charge in [0.2, 0.25) is 0 Å². The summed E-state index contributed by atoms with van der Waals surface area (Å²) in [5.74, 6) is -0.850. The fourth-order valence-electron chi connectivity index (χ4n) is 3.22. The Hall–Kier alpha value is -3.33. The number of rotatable bonds is 5. The van der Waals surface area contributed by atoms with Crippen LogP contribution in [0.3, 0.4) is 0 Å². The molecule has 0 bridgehead atoms. The van der Waals surface area contributed by atoms with Gasteiger partial charge < -0.3 is 10.2 Å². The molecule has 27 heavy (non-hydrogen) atoms. The van der Waals surface area contributed by atoms with E-state index < -0.39 is 11.8 Å². The van der Waals surface area contributed by atoms with Crippen LogP contribution in [0.25, 0.3) is 0 Å². The highest BCUT2D eigenvalue weighted by molar-refractivity contribution is 6.15. The molecule has 1 amide bonds. The molecule has 0 saturated carbocycles. The van der Waals surface area contributed by atoms with Crippen molar-refractivity contribution < 1.29 is 4.79 Å². The maximum atomic E-state index is 13.2. The lowest BCUT2D eigenvalue weighted by molar-refractivity contribution is -0.120. The normalized spacial score (nSPS) is 17.3. The lowest BCUT2D eigenvalue weighted by Crippen LogP contribution is -2.36. The zero-order valence-electron chi connectivity index (χ0n) is 15.8. The fourth-order valence-corrected chi connectivity index (χ4v) is 3.22. The maximum absolute atomic E-state index is 13.2. The van der Waals surface area contributed by atoms with Crippen LogP contribution in [-0.4, -0.2) is 37.3 Å². The Morgan fingerprint density at radius 2 is 1.85 bits per heavy atom. The number of nitrogens with zero attached hydrogens (tertiary/aromatic N) is 4. The van der Waals surface area contributed by atoms with Crippen molar-refractivity contribution in [3.05, 3.63) is 60.2 Å². The summed E-state index contributed by atoms with van der Waals surface area (Å²) in [6, 6.07) is 19.3. The van der Waals surface area contributed by atoms with Gasteiger partial charge in [-0.05, 0) is 36.8 Å². The van der Waals surface area contributed by atoms with E-state index in [4.69, 9.17) is 0 Å². The Bertz CT molecular complexity index is 868. The van der Waals surface area contributed by atoms with Crippen molar-refractivity contribution >= 4 is 23.1 Å². The minimum atomic E-state index is -0.643. The molecule has 0 aliphatic carbocycles. The molecule has 1 heterocycles. The van der Waals surface area contributed by atoms with E-state index in [0.29, 0.717) is 11.5 Å². The van der Waals surface area contributed by atoms with Crippen molar-refractivity contribution in [2.45, 2.75) is 12.8 Å². The molecule has 2 aromatic rings. The first kappa shape index (κ1) is 18.5. The van der Waals surface area contributed by atoms with Crippen LogP contribution in [0.5, 0.6) is 0 Å². The summed E-state index contributed by atoms with van der Waals surface area (Å²) in [6.07, 6.45) is 0. The summed E-state index contributed by atoms with van der Waals surface area (Å²) in [6.45, 7) is 2.85. The number of amides is 1. The molecule has 0 aromatic heterocycles. The molecule has 2 aromatic carbocycles. The zero-order valence-corrected chi connectivity index (χ0v) is 15.8. The second kappa shape index (κ2) is 7.92. The van der Waals surface area contributed by atoms with Gasteiger partial charge in [-0.2, -0.15) is 15.4 Å². The molecular weight excluding hydrogens is 338 g/mol. The third-order valence-electron chi connectivity index (χ3n) is 4.54. The van der Waals surface area contributed by atoms with Crippen molar-refractivity contribution in [3.8, 4) is 6.07 Å². The number of hydrazone groups is 1. The number of nitrogens with one attached hydrogen (secondary N) is 1. The molecule has 6 nitrogen and oxygen atoms in total. The number of carbonyl (C=O) groups is 1. The van der Waals surface area contributed by atoms with E-state index in [-0.39, 0.29) is 5.91 Å². The van der Waals surface area contributed by atoms with E-state index in [1.165, 1.54) is 5.01 Å². The minimum Gasteiger partial charge on any atom is -0.385 e. The van der Waals surface area contributed by atoms with Crippen molar-refractivity contribution in [2.75, 3.05) is 31.0 Å². The molecule has 0 spiro atoms. The molecule has 1 aliphatic rings. The number of para-hydroxylation sites is 1. The average molecular weight is 361 g/mol.